The third kappa shape index (κ3) is 2.97. The summed E-state index contributed by atoms with van der Waals surface area (Å²) in [6, 6.07) is 4.69. The Labute approximate surface area is 113 Å². The Morgan fingerprint density at radius 3 is 2.53 bits per heavy atom. The van der Waals surface area contributed by atoms with Gasteiger partial charge in [-0.15, -0.1) is 11.3 Å². The number of nitrogens with zero attached hydrogens (tertiary/aromatic N) is 1. The number of rotatable bonds is 3. The van der Waals surface area contributed by atoms with E-state index < -0.39 is 5.97 Å². The predicted molar refractivity (Wildman–Crippen MR) is 72.9 cm³/mol. The minimum Gasteiger partial charge on any atom is -0.477 e. The summed E-state index contributed by atoms with van der Waals surface area (Å²) in [5.41, 5.74) is 1.49. The number of pyridine rings is 1. The first kappa shape index (κ1) is 13.2. The van der Waals surface area contributed by atoms with Gasteiger partial charge in [0.15, 0.2) is 0 Å². The van der Waals surface area contributed by atoms with E-state index in [9.17, 15) is 9.59 Å². The third-order valence-electron chi connectivity index (χ3n) is 2.63. The van der Waals surface area contributed by atoms with Crippen molar-refractivity contribution in [2.24, 2.45) is 0 Å². The SMILES string of the molecule is Cc1cc(C(=O)Nc2ccc(C(=O)O)nc2)sc1C. The Hall–Kier alpha value is -2.21. The van der Waals surface area contributed by atoms with Crippen LogP contribution in [0.2, 0.25) is 0 Å². The van der Waals surface area contributed by atoms with E-state index in [4.69, 9.17) is 5.11 Å². The van der Waals surface area contributed by atoms with E-state index >= 15 is 0 Å². The average molecular weight is 276 g/mol. The number of aromatic nitrogens is 1. The summed E-state index contributed by atoms with van der Waals surface area (Å²) in [5, 5.41) is 11.4. The van der Waals surface area contributed by atoms with Gasteiger partial charge in [-0.25, -0.2) is 9.78 Å². The number of thiophene rings is 1. The number of carbonyl (C=O) groups is 2. The lowest BCUT2D eigenvalue weighted by molar-refractivity contribution is 0.0690. The van der Waals surface area contributed by atoms with E-state index in [2.05, 4.69) is 10.3 Å². The minimum absolute atomic E-state index is 0.0548. The van der Waals surface area contributed by atoms with Gasteiger partial charge >= 0.3 is 5.97 Å². The first-order valence-corrected chi connectivity index (χ1v) is 6.37. The van der Waals surface area contributed by atoms with Crippen molar-refractivity contribution in [2.75, 3.05) is 5.32 Å². The molecule has 2 heterocycles. The summed E-state index contributed by atoms with van der Waals surface area (Å²) in [7, 11) is 0. The monoisotopic (exact) mass is 276 g/mol. The van der Waals surface area contributed by atoms with Crippen LogP contribution in [0.1, 0.15) is 30.6 Å². The molecule has 2 rings (SSSR count). The standard InChI is InChI=1S/C13H12N2O3S/c1-7-5-11(19-8(7)2)12(16)15-9-3-4-10(13(17)18)14-6-9/h3-6H,1-2H3,(H,15,16)(H,17,18). The Bertz CT molecular complexity index is 612. The highest BCUT2D eigenvalue weighted by atomic mass is 32.1. The average Bonchev–Trinajstić information content (AvgIpc) is 2.70. The van der Waals surface area contributed by atoms with E-state index in [1.165, 1.54) is 29.7 Å². The second-order valence-electron chi connectivity index (χ2n) is 4.04. The van der Waals surface area contributed by atoms with Gasteiger partial charge in [0.05, 0.1) is 16.8 Å². The molecule has 2 N–H and O–H groups in total. The van der Waals surface area contributed by atoms with E-state index in [0.29, 0.717) is 10.6 Å². The van der Waals surface area contributed by atoms with Gasteiger partial charge in [-0.05, 0) is 37.6 Å². The lowest BCUT2D eigenvalue weighted by Gasteiger charge is -2.03. The van der Waals surface area contributed by atoms with Gasteiger partial charge in [0.2, 0.25) is 0 Å². The molecule has 0 aliphatic carbocycles. The van der Waals surface area contributed by atoms with Crippen LogP contribution in [0.25, 0.3) is 0 Å². The second kappa shape index (κ2) is 5.19. The molecule has 0 unspecified atom stereocenters. The van der Waals surface area contributed by atoms with Gasteiger partial charge in [0.1, 0.15) is 5.69 Å². The van der Waals surface area contributed by atoms with Gasteiger partial charge in [-0.1, -0.05) is 0 Å². The smallest absolute Gasteiger partial charge is 0.354 e. The Morgan fingerprint density at radius 2 is 2.05 bits per heavy atom. The molecule has 98 valence electrons. The van der Waals surface area contributed by atoms with Gasteiger partial charge in [-0.2, -0.15) is 0 Å². The molecule has 5 nitrogen and oxygen atoms in total. The van der Waals surface area contributed by atoms with Crippen LogP contribution in [-0.4, -0.2) is 22.0 Å². The maximum Gasteiger partial charge on any atom is 0.354 e. The molecule has 0 aromatic carbocycles. The van der Waals surface area contributed by atoms with Crippen LogP contribution >= 0.6 is 11.3 Å². The number of amides is 1. The number of carbonyl (C=O) groups excluding carboxylic acids is 1. The van der Waals surface area contributed by atoms with Crippen molar-refractivity contribution in [3.8, 4) is 0 Å². The number of carboxylic acid groups (broad SMARTS) is 1. The molecule has 0 atom stereocenters. The zero-order chi connectivity index (χ0) is 14.0. The first-order valence-electron chi connectivity index (χ1n) is 5.55. The molecule has 0 aliphatic rings. The fourth-order valence-corrected chi connectivity index (χ4v) is 2.40. The molecule has 19 heavy (non-hydrogen) atoms. The van der Waals surface area contributed by atoms with Gasteiger partial charge in [-0.3, -0.25) is 4.79 Å². The minimum atomic E-state index is -1.10. The Kier molecular flexibility index (Phi) is 3.62. The maximum atomic E-state index is 12.0. The number of hydrogen-bond donors (Lipinski definition) is 2. The summed E-state index contributed by atoms with van der Waals surface area (Å²) in [6.07, 6.45) is 1.33. The van der Waals surface area contributed by atoms with Crippen molar-refractivity contribution in [3.63, 3.8) is 0 Å². The zero-order valence-corrected chi connectivity index (χ0v) is 11.2. The predicted octanol–water partition coefficient (Wildman–Crippen LogP) is 2.71. The lowest BCUT2D eigenvalue weighted by atomic mass is 10.3. The van der Waals surface area contributed by atoms with Crippen molar-refractivity contribution in [1.29, 1.82) is 0 Å². The number of anilines is 1. The summed E-state index contributed by atoms with van der Waals surface area (Å²) >= 11 is 1.42. The molecule has 0 radical (unpaired) electrons. The fraction of sp³-hybridized carbons (Fsp3) is 0.154. The van der Waals surface area contributed by atoms with Gasteiger partial charge < -0.3 is 10.4 Å². The molecule has 0 saturated carbocycles. The van der Waals surface area contributed by atoms with E-state index in [1.54, 1.807) is 0 Å². The lowest BCUT2D eigenvalue weighted by Crippen LogP contribution is -2.11. The summed E-state index contributed by atoms with van der Waals surface area (Å²) in [6.45, 7) is 3.91. The molecular formula is C13H12N2O3S. The normalized spacial score (nSPS) is 10.2. The number of nitrogens with one attached hydrogen (secondary N) is 1. The topological polar surface area (TPSA) is 79.3 Å². The Morgan fingerprint density at radius 1 is 1.32 bits per heavy atom. The van der Waals surface area contributed by atoms with Gasteiger partial charge in [0, 0.05) is 4.88 Å². The zero-order valence-electron chi connectivity index (χ0n) is 10.4. The molecule has 1 amide bonds. The molecule has 0 bridgehead atoms. The van der Waals surface area contributed by atoms with E-state index in [1.807, 2.05) is 19.9 Å². The maximum absolute atomic E-state index is 12.0. The number of aryl methyl sites for hydroxylation is 2. The number of aromatic carboxylic acids is 1. The highest BCUT2D eigenvalue weighted by molar-refractivity contribution is 7.14. The van der Waals surface area contributed by atoms with Gasteiger partial charge in [0.25, 0.3) is 5.91 Å². The molecule has 0 saturated heterocycles. The molecular weight excluding hydrogens is 264 g/mol. The van der Waals surface area contributed by atoms with Crippen LogP contribution in [0.4, 0.5) is 5.69 Å². The van der Waals surface area contributed by atoms with Crippen molar-refractivity contribution in [1.82, 2.24) is 4.98 Å². The van der Waals surface area contributed by atoms with Crippen molar-refractivity contribution in [3.05, 3.63) is 45.4 Å². The second-order valence-corrected chi connectivity index (χ2v) is 5.30. The van der Waals surface area contributed by atoms with Crippen LogP contribution in [0, 0.1) is 13.8 Å². The number of carboxylic acids is 1. The molecule has 2 aromatic heterocycles. The fourth-order valence-electron chi connectivity index (χ4n) is 1.47. The largest absolute Gasteiger partial charge is 0.477 e. The Balaban J connectivity index is 2.12. The molecule has 0 spiro atoms. The van der Waals surface area contributed by atoms with Crippen LogP contribution in [-0.2, 0) is 0 Å². The quantitative estimate of drug-likeness (QED) is 0.903. The van der Waals surface area contributed by atoms with Crippen LogP contribution < -0.4 is 5.32 Å². The molecule has 2 aromatic rings. The highest BCUT2D eigenvalue weighted by Crippen LogP contribution is 2.21. The number of hydrogen-bond acceptors (Lipinski definition) is 4. The van der Waals surface area contributed by atoms with Crippen LogP contribution in [0.15, 0.2) is 24.4 Å². The van der Waals surface area contributed by atoms with E-state index in [-0.39, 0.29) is 11.6 Å². The van der Waals surface area contributed by atoms with Crippen molar-refractivity contribution in [2.45, 2.75) is 13.8 Å². The highest BCUT2D eigenvalue weighted by Gasteiger charge is 2.11. The first-order chi connectivity index (χ1) is 8.97. The summed E-state index contributed by atoms with van der Waals surface area (Å²) in [4.78, 5) is 28.1. The molecule has 6 heteroatoms. The summed E-state index contributed by atoms with van der Waals surface area (Å²) in [5.74, 6) is -1.31. The van der Waals surface area contributed by atoms with Crippen molar-refractivity contribution >= 4 is 28.9 Å². The van der Waals surface area contributed by atoms with Crippen LogP contribution in [0.3, 0.4) is 0 Å². The van der Waals surface area contributed by atoms with E-state index in [0.717, 1.165) is 10.4 Å². The molecule has 0 fully saturated rings. The third-order valence-corrected chi connectivity index (χ3v) is 3.78. The van der Waals surface area contributed by atoms with Crippen molar-refractivity contribution < 1.29 is 14.7 Å². The summed E-state index contributed by atoms with van der Waals surface area (Å²) < 4.78 is 0. The van der Waals surface area contributed by atoms with Crippen LogP contribution in [0.5, 0.6) is 0 Å². The molecule has 0 aliphatic heterocycles.